The van der Waals surface area contributed by atoms with Crippen molar-refractivity contribution in [3.05, 3.63) is 35.5 Å². The SMILES string of the molecule is CCOC(=O)C(C)CCCCCNC(=O)c1cc2cc(C(=N)N)ccc2[nH]1. The molecule has 146 valence electrons. The number of hydrogen-bond acceptors (Lipinski definition) is 4. The van der Waals surface area contributed by atoms with Crippen LogP contribution in [0.25, 0.3) is 10.9 Å². The summed E-state index contributed by atoms with van der Waals surface area (Å²) >= 11 is 0. The number of carbonyl (C=O) groups is 2. The molecule has 1 amide bonds. The number of nitrogens with two attached hydrogens (primary N) is 1. The van der Waals surface area contributed by atoms with Crippen molar-refractivity contribution in [3.63, 3.8) is 0 Å². The lowest BCUT2D eigenvalue weighted by atomic mass is 10.0. The average Bonchev–Trinajstić information content (AvgIpc) is 3.07. The second-order valence-electron chi connectivity index (χ2n) is 6.66. The van der Waals surface area contributed by atoms with Crippen LogP contribution in [0, 0.1) is 11.3 Å². The van der Waals surface area contributed by atoms with Gasteiger partial charge in [-0.2, -0.15) is 0 Å². The molecule has 0 aliphatic heterocycles. The zero-order valence-electron chi connectivity index (χ0n) is 15.9. The van der Waals surface area contributed by atoms with Crippen LogP contribution >= 0.6 is 0 Å². The summed E-state index contributed by atoms with van der Waals surface area (Å²) in [6.07, 6.45) is 3.53. The van der Waals surface area contributed by atoms with Gasteiger partial charge in [0.05, 0.1) is 12.5 Å². The lowest BCUT2D eigenvalue weighted by Crippen LogP contribution is -2.24. The third kappa shape index (κ3) is 5.84. The standard InChI is InChI=1S/C20H28N4O3/c1-3-27-20(26)13(2)7-5-4-6-10-23-19(25)17-12-15-11-14(18(21)22)8-9-16(15)24-17/h8-9,11-13,24H,3-7,10H2,1-2H3,(H3,21,22)(H,23,25). The molecule has 1 aromatic carbocycles. The molecule has 0 saturated carbocycles. The number of fused-ring (bicyclic) bond motifs is 1. The van der Waals surface area contributed by atoms with Crippen LogP contribution < -0.4 is 11.1 Å². The summed E-state index contributed by atoms with van der Waals surface area (Å²) in [6, 6.07) is 7.11. The van der Waals surface area contributed by atoms with Crippen LogP contribution in [0.15, 0.2) is 24.3 Å². The van der Waals surface area contributed by atoms with Gasteiger partial charge in [-0.25, -0.2) is 0 Å². The van der Waals surface area contributed by atoms with Crippen LogP contribution in [-0.4, -0.2) is 35.8 Å². The average molecular weight is 372 g/mol. The molecule has 0 saturated heterocycles. The first-order valence-electron chi connectivity index (χ1n) is 9.34. The van der Waals surface area contributed by atoms with Crippen molar-refractivity contribution in [3.8, 4) is 0 Å². The smallest absolute Gasteiger partial charge is 0.308 e. The Bertz CT molecular complexity index is 813. The van der Waals surface area contributed by atoms with Crippen molar-refractivity contribution in [2.45, 2.75) is 39.5 Å². The number of aromatic amines is 1. The largest absolute Gasteiger partial charge is 0.466 e. The maximum absolute atomic E-state index is 12.3. The first-order chi connectivity index (χ1) is 12.9. The molecule has 1 heterocycles. The van der Waals surface area contributed by atoms with Gasteiger partial charge in [-0.15, -0.1) is 0 Å². The van der Waals surface area contributed by atoms with Crippen LogP contribution in [0.3, 0.4) is 0 Å². The highest BCUT2D eigenvalue weighted by molar-refractivity contribution is 6.02. The molecule has 7 nitrogen and oxygen atoms in total. The summed E-state index contributed by atoms with van der Waals surface area (Å²) in [5.41, 5.74) is 7.44. The second kappa shape index (κ2) is 9.75. The minimum absolute atomic E-state index is 0.00127. The Morgan fingerprint density at radius 3 is 2.74 bits per heavy atom. The normalized spacial score (nSPS) is 11.9. The molecule has 2 aromatic rings. The molecule has 0 aliphatic carbocycles. The minimum Gasteiger partial charge on any atom is -0.466 e. The van der Waals surface area contributed by atoms with E-state index < -0.39 is 0 Å². The van der Waals surface area contributed by atoms with Crippen molar-refractivity contribution in [2.24, 2.45) is 11.7 Å². The quantitative estimate of drug-likeness (QED) is 0.222. The Labute approximate surface area is 159 Å². The maximum Gasteiger partial charge on any atom is 0.308 e. The zero-order chi connectivity index (χ0) is 19.8. The number of hydrogen-bond donors (Lipinski definition) is 4. The molecule has 0 spiro atoms. The number of H-pyrrole nitrogens is 1. The minimum atomic E-state index is -0.157. The first-order valence-corrected chi connectivity index (χ1v) is 9.34. The predicted molar refractivity (Wildman–Crippen MR) is 106 cm³/mol. The van der Waals surface area contributed by atoms with Gasteiger partial charge in [-0.1, -0.05) is 19.8 Å². The van der Waals surface area contributed by atoms with Crippen LogP contribution in [0.5, 0.6) is 0 Å². The number of aromatic nitrogens is 1. The van der Waals surface area contributed by atoms with E-state index in [1.54, 1.807) is 18.2 Å². The fraction of sp³-hybridized carbons (Fsp3) is 0.450. The van der Waals surface area contributed by atoms with E-state index in [2.05, 4.69) is 10.3 Å². The van der Waals surface area contributed by atoms with E-state index in [9.17, 15) is 9.59 Å². The Kier molecular flexibility index (Phi) is 7.40. The van der Waals surface area contributed by atoms with Crippen LogP contribution in [0.4, 0.5) is 0 Å². The van der Waals surface area contributed by atoms with Crippen molar-refractivity contribution < 1.29 is 14.3 Å². The lowest BCUT2D eigenvalue weighted by Gasteiger charge is -2.10. The van der Waals surface area contributed by atoms with Gasteiger partial charge in [0.15, 0.2) is 0 Å². The van der Waals surface area contributed by atoms with E-state index in [0.717, 1.165) is 36.6 Å². The van der Waals surface area contributed by atoms with Gasteiger partial charge in [0.2, 0.25) is 0 Å². The van der Waals surface area contributed by atoms with Crippen LogP contribution in [0.1, 0.15) is 55.6 Å². The first kappa shape index (κ1) is 20.5. The molecule has 0 bridgehead atoms. The third-order valence-corrected chi connectivity index (χ3v) is 4.46. The Hall–Kier alpha value is -2.83. The van der Waals surface area contributed by atoms with Crippen molar-refractivity contribution in [1.29, 1.82) is 5.41 Å². The highest BCUT2D eigenvalue weighted by atomic mass is 16.5. The number of amides is 1. The van der Waals surface area contributed by atoms with Crippen molar-refractivity contribution in [2.75, 3.05) is 13.2 Å². The third-order valence-electron chi connectivity index (χ3n) is 4.46. The predicted octanol–water partition coefficient (Wildman–Crippen LogP) is 2.94. The van der Waals surface area contributed by atoms with Gasteiger partial charge in [-0.05, 0) is 44.0 Å². The van der Waals surface area contributed by atoms with Crippen LogP contribution in [0.2, 0.25) is 0 Å². The highest BCUT2D eigenvalue weighted by Crippen LogP contribution is 2.17. The number of carbonyl (C=O) groups excluding carboxylic acids is 2. The number of nitrogens with one attached hydrogen (secondary N) is 3. The molecule has 1 aromatic heterocycles. The van der Waals surface area contributed by atoms with Crippen LogP contribution in [-0.2, 0) is 9.53 Å². The van der Waals surface area contributed by atoms with Crippen molar-refractivity contribution in [1.82, 2.24) is 10.3 Å². The molecular formula is C20H28N4O3. The summed E-state index contributed by atoms with van der Waals surface area (Å²) < 4.78 is 4.99. The summed E-state index contributed by atoms with van der Waals surface area (Å²) in [7, 11) is 0. The van der Waals surface area contributed by atoms with E-state index in [-0.39, 0.29) is 23.6 Å². The number of nitrogen functional groups attached to an aromatic ring is 1. The Morgan fingerprint density at radius 2 is 2.04 bits per heavy atom. The van der Waals surface area contributed by atoms with Gasteiger partial charge >= 0.3 is 5.97 Å². The van der Waals surface area contributed by atoms with E-state index in [0.29, 0.717) is 24.4 Å². The molecule has 7 heteroatoms. The number of amidine groups is 1. The number of unbranched alkanes of at least 4 members (excludes halogenated alkanes) is 2. The van der Waals surface area contributed by atoms with Gasteiger partial charge in [0.1, 0.15) is 11.5 Å². The molecule has 1 atom stereocenters. The van der Waals surface area contributed by atoms with Gasteiger partial charge in [0, 0.05) is 23.0 Å². The summed E-state index contributed by atoms with van der Waals surface area (Å²) in [5, 5.41) is 11.2. The fourth-order valence-corrected chi connectivity index (χ4v) is 2.87. The van der Waals surface area contributed by atoms with Crippen molar-refractivity contribution >= 4 is 28.6 Å². The molecular weight excluding hydrogens is 344 g/mol. The summed E-state index contributed by atoms with van der Waals surface area (Å²) in [5.74, 6) is -0.375. The molecule has 0 fully saturated rings. The lowest BCUT2D eigenvalue weighted by molar-refractivity contribution is -0.147. The van der Waals surface area contributed by atoms with E-state index in [1.165, 1.54) is 0 Å². The number of benzene rings is 1. The van der Waals surface area contributed by atoms with Gasteiger partial charge < -0.3 is 20.8 Å². The molecule has 2 rings (SSSR count). The second-order valence-corrected chi connectivity index (χ2v) is 6.66. The van der Waals surface area contributed by atoms with Gasteiger partial charge in [-0.3, -0.25) is 15.0 Å². The molecule has 27 heavy (non-hydrogen) atoms. The number of rotatable bonds is 10. The molecule has 0 aliphatic rings. The summed E-state index contributed by atoms with van der Waals surface area (Å²) in [4.78, 5) is 26.9. The molecule has 0 radical (unpaired) electrons. The topological polar surface area (TPSA) is 121 Å². The Morgan fingerprint density at radius 1 is 1.26 bits per heavy atom. The zero-order valence-corrected chi connectivity index (χ0v) is 15.9. The van der Waals surface area contributed by atoms with E-state index >= 15 is 0 Å². The fourth-order valence-electron chi connectivity index (χ4n) is 2.87. The van der Waals surface area contributed by atoms with E-state index in [1.807, 2.05) is 19.9 Å². The number of esters is 1. The molecule has 1 unspecified atom stereocenters. The Balaban J connectivity index is 1.74. The number of ether oxygens (including phenoxy) is 1. The van der Waals surface area contributed by atoms with Gasteiger partial charge in [0.25, 0.3) is 5.91 Å². The summed E-state index contributed by atoms with van der Waals surface area (Å²) in [6.45, 7) is 4.69. The maximum atomic E-state index is 12.3. The monoisotopic (exact) mass is 372 g/mol. The molecule has 5 N–H and O–H groups in total. The van der Waals surface area contributed by atoms with E-state index in [4.69, 9.17) is 15.9 Å². The highest BCUT2D eigenvalue weighted by Gasteiger charge is 2.13.